The highest BCUT2D eigenvalue weighted by Crippen LogP contribution is 2.30. The van der Waals surface area contributed by atoms with Crippen LogP contribution in [0.2, 0.25) is 5.02 Å². The molecular weight excluding hydrogens is 306 g/mol. The van der Waals surface area contributed by atoms with Gasteiger partial charge in [-0.15, -0.1) is 11.8 Å². The molecule has 0 saturated heterocycles. The van der Waals surface area contributed by atoms with Crippen LogP contribution in [-0.2, 0) is 15.1 Å². The van der Waals surface area contributed by atoms with Gasteiger partial charge < -0.3 is 10.5 Å². The number of thioether (sulfide) groups is 1. The highest BCUT2D eigenvalue weighted by atomic mass is 35.5. The van der Waals surface area contributed by atoms with E-state index < -0.39 is 11.5 Å². The van der Waals surface area contributed by atoms with E-state index in [0.29, 0.717) is 10.8 Å². The van der Waals surface area contributed by atoms with Gasteiger partial charge in [0.2, 0.25) is 0 Å². The Morgan fingerprint density at radius 3 is 2.57 bits per heavy atom. The lowest BCUT2D eigenvalue weighted by Crippen LogP contribution is -2.48. The first-order chi connectivity index (χ1) is 10.1. The molecule has 2 N–H and O–H groups in total. The predicted octanol–water partition coefficient (Wildman–Crippen LogP) is 3.46. The van der Waals surface area contributed by atoms with Crippen molar-refractivity contribution in [2.24, 2.45) is 5.73 Å². The summed E-state index contributed by atoms with van der Waals surface area (Å²) in [5, 5.41) is 0.653. The van der Waals surface area contributed by atoms with Crippen molar-refractivity contribution < 1.29 is 9.53 Å². The first-order valence-corrected chi connectivity index (χ1v) is 7.74. The van der Waals surface area contributed by atoms with Crippen LogP contribution in [0.15, 0.2) is 59.5 Å². The molecule has 1 atom stereocenters. The molecule has 2 aromatic rings. The van der Waals surface area contributed by atoms with Crippen LogP contribution in [0.1, 0.15) is 5.56 Å². The lowest BCUT2D eigenvalue weighted by molar-refractivity contribution is -0.146. The van der Waals surface area contributed by atoms with E-state index in [4.69, 9.17) is 22.1 Å². The molecule has 21 heavy (non-hydrogen) atoms. The second-order valence-corrected chi connectivity index (χ2v) is 6.06. The summed E-state index contributed by atoms with van der Waals surface area (Å²) in [5.41, 5.74) is 5.87. The van der Waals surface area contributed by atoms with Crippen molar-refractivity contribution in [1.29, 1.82) is 0 Å². The van der Waals surface area contributed by atoms with Crippen molar-refractivity contribution in [2.75, 3.05) is 12.9 Å². The Hall–Kier alpha value is -1.49. The Labute approximate surface area is 133 Å². The monoisotopic (exact) mass is 321 g/mol. The van der Waals surface area contributed by atoms with E-state index in [0.717, 1.165) is 10.5 Å². The first-order valence-electron chi connectivity index (χ1n) is 6.37. The molecule has 0 saturated carbocycles. The average molecular weight is 322 g/mol. The van der Waals surface area contributed by atoms with Crippen LogP contribution in [-0.4, -0.2) is 18.8 Å². The summed E-state index contributed by atoms with van der Waals surface area (Å²) in [6.45, 7) is 0. The second kappa shape index (κ2) is 6.98. The predicted molar refractivity (Wildman–Crippen MR) is 86.5 cm³/mol. The quantitative estimate of drug-likeness (QED) is 0.677. The van der Waals surface area contributed by atoms with Crippen molar-refractivity contribution in [3.8, 4) is 0 Å². The largest absolute Gasteiger partial charge is 0.467 e. The molecule has 0 heterocycles. The third-order valence-corrected chi connectivity index (χ3v) is 4.52. The zero-order valence-electron chi connectivity index (χ0n) is 11.6. The van der Waals surface area contributed by atoms with Gasteiger partial charge in [0.15, 0.2) is 0 Å². The maximum atomic E-state index is 12.1. The lowest BCUT2D eigenvalue weighted by Gasteiger charge is -2.26. The van der Waals surface area contributed by atoms with Gasteiger partial charge in [-0.2, -0.15) is 0 Å². The molecule has 2 aromatic carbocycles. The first kappa shape index (κ1) is 15.9. The van der Waals surface area contributed by atoms with Gasteiger partial charge in [-0.05, 0) is 23.8 Å². The summed E-state index contributed by atoms with van der Waals surface area (Å²) in [6, 6.07) is 16.7. The molecule has 0 spiro atoms. The third kappa shape index (κ3) is 3.79. The maximum absolute atomic E-state index is 12.1. The molecule has 0 aliphatic carbocycles. The summed E-state index contributed by atoms with van der Waals surface area (Å²) in [4.78, 5) is 13.1. The second-order valence-electron chi connectivity index (χ2n) is 4.58. The highest BCUT2D eigenvalue weighted by Gasteiger charge is 2.37. The number of benzene rings is 2. The van der Waals surface area contributed by atoms with Crippen molar-refractivity contribution in [2.45, 2.75) is 10.4 Å². The van der Waals surface area contributed by atoms with Crippen LogP contribution in [0.5, 0.6) is 0 Å². The van der Waals surface area contributed by atoms with Gasteiger partial charge in [-0.25, -0.2) is 4.79 Å². The van der Waals surface area contributed by atoms with Crippen molar-refractivity contribution >= 4 is 29.3 Å². The number of ether oxygens (including phenoxy) is 1. The molecule has 110 valence electrons. The van der Waals surface area contributed by atoms with E-state index in [-0.39, 0.29) is 0 Å². The van der Waals surface area contributed by atoms with Gasteiger partial charge in [0.25, 0.3) is 0 Å². The van der Waals surface area contributed by atoms with Gasteiger partial charge >= 0.3 is 5.97 Å². The fourth-order valence-corrected chi connectivity index (χ4v) is 3.25. The minimum atomic E-state index is -1.19. The smallest absolute Gasteiger partial charge is 0.331 e. The molecule has 0 bridgehead atoms. The van der Waals surface area contributed by atoms with E-state index in [1.165, 1.54) is 18.9 Å². The molecule has 0 aromatic heterocycles. The third-order valence-electron chi connectivity index (χ3n) is 3.10. The summed E-state index contributed by atoms with van der Waals surface area (Å²) in [5.74, 6) is -0.0902. The lowest BCUT2D eigenvalue weighted by atomic mass is 9.93. The fourth-order valence-electron chi connectivity index (χ4n) is 1.93. The fraction of sp³-hybridized carbons (Fsp3) is 0.188. The molecule has 3 nitrogen and oxygen atoms in total. The van der Waals surface area contributed by atoms with E-state index in [9.17, 15) is 4.79 Å². The van der Waals surface area contributed by atoms with Crippen LogP contribution in [0, 0.1) is 0 Å². The van der Waals surface area contributed by atoms with Crippen molar-refractivity contribution in [3.05, 3.63) is 65.2 Å². The molecule has 0 aliphatic heterocycles. The number of halogens is 1. The number of hydrogen-bond donors (Lipinski definition) is 1. The Morgan fingerprint density at radius 2 is 1.95 bits per heavy atom. The van der Waals surface area contributed by atoms with Gasteiger partial charge in [-0.1, -0.05) is 48.0 Å². The number of methoxy groups -OCH3 is 1. The molecule has 2 rings (SSSR count). The van der Waals surface area contributed by atoms with E-state index in [2.05, 4.69) is 0 Å². The van der Waals surface area contributed by atoms with E-state index >= 15 is 0 Å². The topological polar surface area (TPSA) is 52.3 Å². The molecule has 0 radical (unpaired) electrons. The molecule has 0 amide bonds. The number of esters is 1. The van der Waals surface area contributed by atoms with Gasteiger partial charge in [-0.3, -0.25) is 0 Å². The Balaban J connectivity index is 2.23. The van der Waals surface area contributed by atoms with Crippen molar-refractivity contribution in [1.82, 2.24) is 0 Å². The molecule has 5 heteroatoms. The van der Waals surface area contributed by atoms with Crippen molar-refractivity contribution in [3.63, 3.8) is 0 Å². The van der Waals surface area contributed by atoms with Gasteiger partial charge in [0.05, 0.1) is 7.11 Å². The zero-order valence-corrected chi connectivity index (χ0v) is 13.2. The van der Waals surface area contributed by atoms with E-state index in [1.807, 2.05) is 48.5 Å². The number of rotatable bonds is 5. The standard InChI is InChI=1S/C16H16ClNO2S/c1-20-15(19)16(18,12-6-3-2-4-7-12)11-21-14-9-5-8-13(17)10-14/h2-10H,11,18H2,1H3. The summed E-state index contributed by atoms with van der Waals surface area (Å²) < 4.78 is 4.88. The summed E-state index contributed by atoms with van der Waals surface area (Å²) >= 11 is 7.44. The normalized spacial score (nSPS) is 13.5. The molecular formula is C16H16ClNO2S. The van der Waals surface area contributed by atoms with Gasteiger partial charge in [0, 0.05) is 15.7 Å². The summed E-state index contributed by atoms with van der Waals surface area (Å²) in [6.07, 6.45) is 0. The average Bonchev–Trinajstić information content (AvgIpc) is 2.52. The number of carbonyl (C=O) groups is 1. The zero-order chi connectivity index (χ0) is 15.3. The maximum Gasteiger partial charge on any atom is 0.331 e. The summed E-state index contributed by atoms with van der Waals surface area (Å²) in [7, 11) is 1.34. The minimum Gasteiger partial charge on any atom is -0.467 e. The van der Waals surface area contributed by atoms with Crippen LogP contribution in [0.3, 0.4) is 0 Å². The highest BCUT2D eigenvalue weighted by molar-refractivity contribution is 7.99. The number of hydrogen-bond acceptors (Lipinski definition) is 4. The molecule has 1 unspecified atom stereocenters. The van der Waals surface area contributed by atoms with E-state index in [1.54, 1.807) is 6.07 Å². The Bertz CT molecular complexity index is 621. The number of nitrogens with two attached hydrogens (primary N) is 1. The molecule has 0 fully saturated rings. The minimum absolute atomic E-state index is 0.365. The molecule has 0 aliphatic rings. The van der Waals surface area contributed by atoms with Crippen LogP contribution in [0.4, 0.5) is 0 Å². The Kier molecular flexibility index (Phi) is 5.28. The van der Waals surface area contributed by atoms with Gasteiger partial charge in [0.1, 0.15) is 5.54 Å². The Morgan fingerprint density at radius 1 is 1.24 bits per heavy atom. The number of carbonyl (C=O) groups excluding carboxylic acids is 1. The van der Waals surface area contributed by atoms with Crippen LogP contribution < -0.4 is 5.73 Å². The SMILES string of the molecule is COC(=O)C(N)(CSc1cccc(Cl)c1)c1ccccc1. The van der Waals surface area contributed by atoms with Crippen LogP contribution in [0.25, 0.3) is 0 Å². The van der Waals surface area contributed by atoms with Crippen LogP contribution >= 0.6 is 23.4 Å².